The summed E-state index contributed by atoms with van der Waals surface area (Å²) in [5.74, 6) is 0.364. The molecule has 2 bridgehead atoms. The van der Waals surface area contributed by atoms with Crippen LogP contribution in [0.1, 0.15) is 26.2 Å². The Hall–Kier alpha value is -0.570. The Labute approximate surface area is 79.7 Å². The molecular formula is C10H18N2O. The first-order chi connectivity index (χ1) is 6.22. The maximum atomic E-state index is 11.6. The molecule has 0 aliphatic carbocycles. The number of likely N-dealkylation sites (tertiary alicyclic amines) is 2. The third-order valence-electron chi connectivity index (χ3n) is 3.30. The Morgan fingerprint density at radius 2 is 2.15 bits per heavy atom. The Balaban J connectivity index is 1.95. The van der Waals surface area contributed by atoms with Gasteiger partial charge in [-0.05, 0) is 19.9 Å². The van der Waals surface area contributed by atoms with E-state index in [1.54, 1.807) is 0 Å². The van der Waals surface area contributed by atoms with Gasteiger partial charge in [0, 0.05) is 31.6 Å². The summed E-state index contributed by atoms with van der Waals surface area (Å²) in [6.07, 6.45) is 2.90. The van der Waals surface area contributed by atoms with Crippen LogP contribution in [0.25, 0.3) is 0 Å². The molecule has 2 atom stereocenters. The van der Waals surface area contributed by atoms with E-state index in [1.807, 2.05) is 0 Å². The first-order valence-electron chi connectivity index (χ1n) is 5.22. The monoisotopic (exact) mass is 182 g/mol. The number of hydrogen-bond donors (Lipinski definition) is 0. The fraction of sp³-hybridized carbons (Fsp3) is 0.900. The highest BCUT2D eigenvalue weighted by Gasteiger charge is 2.42. The summed E-state index contributed by atoms with van der Waals surface area (Å²) >= 11 is 0. The molecule has 2 aliphatic rings. The summed E-state index contributed by atoms with van der Waals surface area (Å²) in [5.41, 5.74) is 0. The fourth-order valence-corrected chi connectivity index (χ4v) is 2.53. The van der Waals surface area contributed by atoms with Gasteiger partial charge in [0.1, 0.15) is 0 Å². The Morgan fingerprint density at radius 1 is 1.38 bits per heavy atom. The third kappa shape index (κ3) is 1.46. The Morgan fingerprint density at radius 3 is 2.62 bits per heavy atom. The second-order valence-corrected chi connectivity index (χ2v) is 4.28. The van der Waals surface area contributed by atoms with Crippen molar-refractivity contribution in [2.75, 3.05) is 20.1 Å². The van der Waals surface area contributed by atoms with Gasteiger partial charge in [0.05, 0.1) is 0 Å². The average Bonchev–Trinajstić information content (AvgIpc) is 2.62. The van der Waals surface area contributed by atoms with Crippen molar-refractivity contribution in [1.29, 1.82) is 0 Å². The molecule has 2 rings (SSSR count). The van der Waals surface area contributed by atoms with Crippen LogP contribution in [0.5, 0.6) is 0 Å². The average molecular weight is 182 g/mol. The zero-order valence-electron chi connectivity index (χ0n) is 8.49. The minimum absolute atomic E-state index is 0.364. The van der Waals surface area contributed by atoms with Crippen LogP contribution in [0, 0.1) is 0 Å². The molecule has 2 saturated heterocycles. The zero-order chi connectivity index (χ0) is 9.42. The number of hydrogen-bond acceptors (Lipinski definition) is 2. The van der Waals surface area contributed by atoms with Gasteiger partial charge in [-0.15, -0.1) is 0 Å². The molecule has 0 aromatic rings. The molecule has 3 nitrogen and oxygen atoms in total. The van der Waals surface area contributed by atoms with Crippen molar-refractivity contribution >= 4 is 5.91 Å². The molecule has 0 unspecified atom stereocenters. The number of carbonyl (C=O) groups is 1. The van der Waals surface area contributed by atoms with E-state index in [4.69, 9.17) is 0 Å². The molecule has 2 aliphatic heterocycles. The standard InChI is InChI=1S/C10H18N2O/c1-3-4-10(13)12-7-8-5-9(12)6-11(8)2/h8-9H,3-7H2,1-2H3/t8-,9-/m0/s1. The number of piperazine rings is 1. The lowest BCUT2D eigenvalue weighted by Gasteiger charge is -2.31. The van der Waals surface area contributed by atoms with Gasteiger partial charge >= 0.3 is 0 Å². The first kappa shape index (κ1) is 9.00. The molecule has 2 fully saturated rings. The number of fused-ring (bicyclic) bond motifs is 2. The number of rotatable bonds is 2. The highest BCUT2D eigenvalue weighted by atomic mass is 16.2. The summed E-state index contributed by atoms with van der Waals surface area (Å²) in [6, 6.07) is 1.17. The van der Waals surface area contributed by atoms with Crippen LogP contribution in [-0.4, -0.2) is 47.9 Å². The highest BCUT2D eigenvalue weighted by Crippen LogP contribution is 2.29. The van der Waals surface area contributed by atoms with Crippen molar-refractivity contribution in [3.05, 3.63) is 0 Å². The van der Waals surface area contributed by atoms with E-state index in [-0.39, 0.29) is 0 Å². The van der Waals surface area contributed by atoms with E-state index < -0.39 is 0 Å². The first-order valence-corrected chi connectivity index (χ1v) is 5.22. The molecule has 3 heteroatoms. The summed E-state index contributed by atoms with van der Waals surface area (Å²) in [4.78, 5) is 16.1. The van der Waals surface area contributed by atoms with Crippen LogP contribution in [0.4, 0.5) is 0 Å². The summed E-state index contributed by atoms with van der Waals surface area (Å²) in [5, 5.41) is 0. The van der Waals surface area contributed by atoms with Gasteiger partial charge < -0.3 is 4.90 Å². The molecule has 1 amide bonds. The Bertz CT molecular complexity index is 215. The van der Waals surface area contributed by atoms with Gasteiger partial charge in [0.2, 0.25) is 5.91 Å². The molecule has 0 radical (unpaired) electrons. The zero-order valence-corrected chi connectivity index (χ0v) is 8.49. The highest BCUT2D eigenvalue weighted by molar-refractivity contribution is 5.77. The van der Waals surface area contributed by atoms with E-state index in [2.05, 4.69) is 23.8 Å². The minimum Gasteiger partial charge on any atom is -0.337 e. The van der Waals surface area contributed by atoms with Crippen LogP contribution in [0.3, 0.4) is 0 Å². The largest absolute Gasteiger partial charge is 0.337 e. The summed E-state index contributed by atoms with van der Waals surface area (Å²) in [6.45, 7) is 4.12. The molecule has 0 aromatic carbocycles. The van der Waals surface area contributed by atoms with Gasteiger partial charge in [0.25, 0.3) is 0 Å². The van der Waals surface area contributed by atoms with E-state index in [0.717, 1.165) is 25.9 Å². The summed E-state index contributed by atoms with van der Waals surface area (Å²) < 4.78 is 0. The lowest BCUT2D eigenvalue weighted by atomic mass is 10.2. The molecule has 13 heavy (non-hydrogen) atoms. The smallest absolute Gasteiger partial charge is 0.222 e. The van der Waals surface area contributed by atoms with Gasteiger partial charge in [0.15, 0.2) is 0 Å². The van der Waals surface area contributed by atoms with E-state index >= 15 is 0 Å². The second kappa shape index (κ2) is 3.29. The van der Waals surface area contributed by atoms with Crippen LogP contribution in [0.15, 0.2) is 0 Å². The van der Waals surface area contributed by atoms with Crippen LogP contribution in [0.2, 0.25) is 0 Å². The summed E-state index contributed by atoms with van der Waals surface area (Å²) in [7, 11) is 2.16. The lowest BCUT2D eigenvalue weighted by Crippen LogP contribution is -2.47. The van der Waals surface area contributed by atoms with Gasteiger partial charge in [-0.25, -0.2) is 0 Å². The molecule has 74 valence electrons. The molecule has 0 saturated carbocycles. The van der Waals surface area contributed by atoms with Crippen LogP contribution in [-0.2, 0) is 4.79 Å². The maximum Gasteiger partial charge on any atom is 0.222 e. The fourth-order valence-electron chi connectivity index (χ4n) is 2.53. The van der Waals surface area contributed by atoms with Crippen molar-refractivity contribution in [2.24, 2.45) is 0 Å². The predicted octanol–water partition coefficient (Wildman–Crippen LogP) is 0.701. The topological polar surface area (TPSA) is 23.6 Å². The van der Waals surface area contributed by atoms with Crippen molar-refractivity contribution in [3.63, 3.8) is 0 Å². The normalized spacial score (nSPS) is 32.9. The van der Waals surface area contributed by atoms with Gasteiger partial charge in [-0.2, -0.15) is 0 Å². The minimum atomic E-state index is 0.364. The predicted molar refractivity (Wildman–Crippen MR) is 51.4 cm³/mol. The van der Waals surface area contributed by atoms with E-state index in [9.17, 15) is 4.79 Å². The molecule has 0 aromatic heterocycles. The third-order valence-corrected chi connectivity index (χ3v) is 3.30. The number of carbonyl (C=O) groups excluding carboxylic acids is 1. The van der Waals surface area contributed by atoms with Crippen LogP contribution < -0.4 is 0 Å². The van der Waals surface area contributed by atoms with Gasteiger partial charge in [-0.1, -0.05) is 6.92 Å². The van der Waals surface area contributed by atoms with Crippen molar-refractivity contribution in [2.45, 2.75) is 38.3 Å². The van der Waals surface area contributed by atoms with Crippen molar-refractivity contribution in [1.82, 2.24) is 9.80 Å². The Kier molecular flexibility index (Phi) is 2.28. The number of nitrogens with zero attached hydrogens (tertiary/aromatic N) is 2. The number of amides is 1. The molecular weight excluding hydrogens is 164 g/mol. The molecule has 2 heterocycles. The van der Waals surface area contributed by atoms with E-state index in [1.165, 1.54) is 6.42 Å². The van der Waals surface area contributed by atoms with E-state index in [0.29, 0.717) is 18.0 Å². The quantitative estimate of drug-likeness (QED) is 0.627. The number of likely N-dealkylation sites (N-methyl/N-ethyl adjacent to an activating group) is 1. The van der Waals surface area contributed by atoms with Crippen molar-refractivity contribution < 1.29 is 4.79 Å². The van der Waals surface area contributed by atoms with Crippen molar-refractivity contribution in [3.8, 4) is 0 Å². The lowest BCUT2D eigenvalue weighted by molar-refractivity contribution is -0.133. The molecule has 0 spiro atoms. The van der Waals surface area contributed by atoms with Crippen LogP contribution >= 0.6 is 0 Å². The second-order valence-electron chi connectivity index (χ2n) is 4.28. The molecule has 0 N–H and O–H groups in total. The van der Waals surface area contributed by atoms with Gasteiger partial charge in [-0.3, -0.25) is 9.69 Å². The maximum absolute atomic E-state index is 11.6. The SMILES string of the molecule is CCCC(=O)N1C[C@@H]2C[C@H]1CN2C.